The van der Waals surface area contributed by atoms with Crippen molar-refractivity contribution in [3.8, 4) is 11.3 Å². The van der Waals surface area contributed by atoms with Crippen LogP contribution in [-0.4, -0.2) is 17.7 Å². The monoisotopic (exact) mass is 291 g/mol. The van der Waals surface area contributed by atoms with Crippen molar-refractivity contribution >= 4 is 5.97 Å². The van der Waals surface area contributed by atoms with E-state index in [2.05, 4.69) is 5.16 Å². The SMILES string of the molecule is CC.CC.CCOC(=O)c1noc(-c2ccccc2)c1C. The van der Waals surface area contributed by atoms with Gasteiger partial charge >= 0.3 is 5.97 Å². The Labute approximate surface area is 127 Å². The number of rotatable bonds is 3. The fraction of sp³-hybridized carbons (Fsp3) is 0.412. The van der Waals surface area contributed by atoms with Crippen molar-refractivity contribution in [1.29, 1.82) is 0 Å². The van der Waals surface area contributed by atoms with Crippen molar-refractivity contribution in [2.75, 3.05) is 6.61 Å². The van der Waals surface area contributed by atoms with Gasteiger partial charge in [0.2, 0.25) is 0 Å². The minimum absolute atomic E-state index is 0.241. The van der Waals surface area contributed by atoms with Gasteiger partial charge in [0.15, 0.2) is 11.5 Å². The first kappa shape index (κ1) is 18.9. The van der Waals surface area contributed by atoms with Crippen molar-refractivity contribution in [3.63, 3.8) is 0 Å². The van der Waals surface area contributed by atoms with Crippen LogP contribution in [0.25, 0.3) is 11.3 Å². The molecule has 4 heteroatoms. The molecule has 0 saturated carbocycles. The van der Waals surface area contributed by atoms with E-state index >= 15 is 0 Å². The Hall–Kier alpha value is -2.10. The Morgan fingerprint density at radius 2 is 1.71 bits per heavy atom. The van der Waals surface area contributed by atoms with Gasteiger partial charge in [0, 0.05) is 11.1 Å². The van der Waals surface area contributed by atoms with Crippen LogP contribution in [0.15, 0.2) is 34.9 Å². The molecule has 0 fully saturated rings. The van der Waals surface area contributed by atoms with Crippen molar-refractivity contribution < 1.29 is 14.1 Å². The fourth-order valence-corrected chi connectivity index (χ4v) is 1.58. The van der Waals surface area contributed by atoms with Crippen molar-refractivity contribution in [3.05, 3.63) is 41.6 Å². The number of aromatic nitrogens is 1. The summed E-state index contributed by atoms with van der Waals surface area (Å²) in [5, 5.41) is 3.76. The molecular weight excluding hydrogens is 266 g/mol. The molecule has 116 valence electrons. The minimum atomic E-state index is -0.448. The van der Waals surface area contributed by atoms with E-state index in [-0.39, 0.29) is 5.69 Å². The molecule has 0 radical (unpaired) electrons. The second-order valence-electron chi connectivity index (χ2n) is 3.57. The summed E-state index contributed by atoms with van der Waals surface area (Å²) in [5.74, 6) is 0.157. The largest absolute Gasteiger partial charge is 0.461 e. The smallest absolute Gasteiger partial charge is 0.360 e. The van der Waals surface area contributed by atoms with Gasteiger partial charge in [0.1, 0.15) is 0 Å². The summed E-state index contributed by atoms with van der Waals surface area (Å²) < 4.78 is 10.1. The Bertz CT molecular complexity index is 518. The molecular formula is C17H25NO3. The van der Waals surface area contributed by atoms with Crippen molar-refractivity contribution in [2.45, 2.75) is 41.5 Å². The van der Waals surface area contributed by atoms with Crippen molar-refractivity contribution in [2.24, 2.45) is 0 Å². The molecule has 2 rings (SSSR count). The van der Waals surface area contributed by atoms with Crippen LogP contribution in [0.3, 0.4) is 0 Å². The van der Waals surface area contributed by atoms with Crippen LogP contribution >= 0.6 is 0 Å². The molecule has 0 aliphatic heterocycles. The average Bonchev–Trinajstić information content (AvgIpc) is 2.94. The van der Waals surface area contributed by atoms with E-state index in [4.69, 9.17) is 9.26 Å². The van der Waals surface area contributed by atoms with Crippen LogP contribution in [-0.2, 0) is 4.74 Å². The normalized spacial score (nSPS) is 8.86. The molecule has 21 heavy (non-hydrogen) atoms. The summed E-state index contributed by atoms with van der Waals surface area (Å²) in [6.45, 7) is 11.9. The molecule has 4 nitrogen and oxygen atoms in total. The molecule has 0 bridgehead atoms. The van der Waals surface area contributed by atoms with Gasteiger partial charge in [0.05, 0.1) is 6.61 Å². The average molecular weight is 291 g/mol. The van der Waals surface area contributed by atoms with Gasteiger partial charge in [-0.25, -0.2) is 4.79 Å². The zero-order chi connectivity index (χ0) is 16.3. The maximum absolute atomic E-state index is 11.6. The number of benzene rings is 1. The van der Waals surface area contributed by atoms with Crippen molar-refractivity contribution in [1.82, 2.24) is 5.16 Å². The molecule has 1 aromatic carbocycles. The van der Waals surface area contributed by atoms with Crippen LogP contribution < -0.4 is 0 Å². The van der Waals surface area contributed by atoms with Crippen LogP contribution in [0.1, 0.15) is 50.7 Å². The highest BCUT2D eigenvalue weighted by molar-refractivity contribution is 5.90. The molecule has 1 aromatic heterocycles. The second kappa shape index (κ2) is 10.7. The first-order valence-corrected chi connectivity index (χ1v) is 7.43. The molecule has 1 heterocycles. The highest BCUT2D eigenvalue weighted by Gasteiger charge is 2.20. The van der Waals surface area contributed by atoms with Gasteiger partial charge in [-0.1, -0.05) is 63.2 Å². The van der Waals surface area contributed by atoms with E-state index in [0.29, 0.717) is 17.9 Å². The summed E-state index contributed by atoms with van der Waals surface area (Å²) in [5.41, 5.74) is 1.84. The first-order chi connectivity index (χ1) is 10.2. The Balaban J connectivity index is 0.000000921. The quantitative estimate of drug-likeness (QED) is 0.756. The number of hydrogen-bond donors (Lipinski definition) is 0. The van der Waals surface area contributed by atoms with Crippen LogP contribution in [0, 0.1) is 6.92 Å². The third-order valence-corrected chi connectivity index (χ3v) is 2.43. The molecule has 0 aliphatic rings. The summed E-state index contributed by atoms with van der Waals surface area (Å²) in [7, 11) is 0. The highest BCUT2D eigenvalue weighted by Crippen LogP contribution is 2.25. The zero-order valence-electron chi connectivity index (χ0n) is 13.8. The number of esters is 1. The van der Waals surface area contributed by atoms with E-state index < -0.39 is 5.97 Å². The molecule has 2 aromatic rings. The maximum Gasteiger partial charge on any atom is 0.360 e. The van der Waals surface area contributed by atoms with Crippen LogP contribution in [0.4, 0.5) is 0 Å². The molecule has 0 N–H and O–H groups in total. The molecule has 0 unspecified atom stereocenters. The molecule has 0 aliphatic carbocycles. The Kier molecular flexibility index (Phi) is 9.59. The third-order valence-electron chi connectivity index (χ3n) is 2.43. The van der Waals surface area contributed by atoms with E-state index in [1.54, 1.807) is 13.8 Å². The third kappa shape index (κ3) is 5.06. The lowest BCUT2D eigenvalue weighted by molar-refractivity contribution is 0.0514. The van der Waals surface area contributed by atoms with Gasteiger partial charge in [-0.05, 0) is 13.8 Å². The standard InChI is InChI=1S/C13H13NO3.2C2H6/c1-3-16-13(15)11-9(2)12(17-14-11)10-7-5-4-6-8-10;2*1-2/h4-8H,3H2,1-2H3;2*1-2H3. The number of hydrogen-bond acceptors (Lipinski definition) is 4. The lowest BCUT2D eigenvalue weighted by Gasteiger charge is -1.98. The van der Waals surface area contributed by atoms with E-state index in [1.165, 1.54) is 0 Å². The van der Waals surface area contributed by atoms with Gasteiger partial charge in [-0.2, -0.15) is 0 Å². The molecule has 0 saturated heterocycles. The summed E-state index contributed by atoms with van der Waals surface area (Å²) in [6, 6.07) is 9.54. The van der Waals surface area contributed by atoms with Gasteiger partial charge < -0.3 is 9.26 Å². The summed E-state index contributed by atoms with van der Waals surface area (Å²) in [6.07, 6.45) is 0. The lowest BCUT2D eigenvalue weighted by atomic mass is 10.1. The summed E-state index contributed by atoms with van der Waals surface area (Å²) in [4.78, 5) is 11.6. The van der Waals surface area contributed by atoms with Gasteiger partial charge in [0.25, 0.3) is 0 Å². The van der Waals surface area contributed by atoms with Gasteiger partial charge in [-0.15, -0.1) is 0 Å². The van der Waals surface area contributed by atoms with E-state index in [9.17, 15) is 4.79 Å². The number of nitrogens with zero attached hydrogens (tertiary/aromatic N) is 1. The maximum atomic E-state index is 11.6. The molecule has 0 atom stereocenters. The van der Waals surface area contributed by atoms with E-state index in [0.717, 1.165) is 5.56 Å². The highest BCUT2D eigenvalue weighted by atomic mass is 16.5. The second-order valence-corrected chi connectivity index (χ2v) is 3.57. The Morgan fingerprint density at radius 3 is 2.24 bits per heavy atom. The first-order valence-electron chi connectivity index (χ1n) is 7.43. The predicted octanol–water partition coefficient (Wildman–Crippen LogP) is 4.88. The van der Waals surface area contributed by atoms with Crippen LogP contribution in [0.5, 0.6) is 0 Å². The fourth-order valence-electron chi connectivity index (χ4n) is 1.58. The number of ether oxygens (including phenoxy) is 1. The Morgan fingerprint density at radius 1 is 1.14 bits per heavy atom. The predicted molar refractivity (Wildman–Crippen MR) is 85.3 cm³/mol. The molecule has 0 amide bonds. The minimum Gasteiger partial charge on any atom is -0.461 e. The number of carbonyl (C=O) groups excluding carboxylic acids is 1. The van der Waals surface area contributed by atoms with E-state index in [1.807, 2.05) is 58.0 Å². The summed E-state index contributed by atoms with van der Waals surface area (Å²) >= 11 is 0. The zero-order valence-corrected chi connectivity index (χ0v) is 13.8. The topological polar surface area (TPSA) is 52.3 Å². The molecule has 0 spiro atoms. The number of carbonyl (C=O) groups is 1. The van der Waals surface area contributed by atoms with Gasteiger partial charge in [-0.3, -0.25) is 0 Å². The lowest BCUT2D eigenvalue weighted by Crippen LogP contribution is -2.06. The van der Waals surface area contributed by atoms with Crippen LogP contribution in [0.2, 0.25) is 0 Å².